The van der Waals surface area contributed by atoms with E-state index < -0.39 is 8.53 Å². The zero-order valence-electron chi connectivity index (χ0n) is 9.23. The van der Waals surface area contributed by atoms with Crippen LogP contribution < -0.4 is 4.89 Å². The summed E-state index contributed by atoms with van der Waals surface area (Å²) in [4.78, 5) is 11.6. The van der Waals surface area contributed by atoms with Gasteiger partial charge in [-0.2, -0.15) is 5.26 Å². The molecule has 1 atom stereocenters. The molecule has 0 aromatic heterocycles. The Bertz CT molecular complexity index is 184. The number of nitriles is 1. The Morgan fingerprint density at radius 2 is 1.86 bits per heavy atom. The summed E-state index contributed by atoms with van der Waals surface area (Å²) in [6.07, 6.45) is 0.283. The van der Waals surface area contributed by atoms with Crippen LogP contribution >= 0.6 is 8.53 Å². The van der Waals surface area contributed by atoms with E-state index in [0.717, 1.165) is 0 Å². The monoisotopic (exact) mass is 217 g/mol. The van der Waals surface area contributed by atoms with Gasteiger partial charge in [0.1, 0.15) is 0 Å². The van der Waals surface area contributed by atoms with Crippen LogP contribution in [0.2, 0.25) is 0 Å². The van der Waals surface area contributed by atoms with E-state index in [0.29, 0.717) is 0 Å². The molecule has 0 heterocycles. The Balaban J connectivity index is 4.03. The number of rotatable bonds is 6. The number of hydrogen-bond acceptors (Lipinski definition) is 4. The lowest BCUT2D eigenvalue weighted by Gasteiger charge is -2.41. The van der Waals surface area contributed by atoms with Crippen LogP contribution in [0.1, 0.15) is 34.1 Å². The van der Waals surface area contributed by atoms with E-state index in [9.17, 15) is 4.89 Å². The van der Waals surface area contributed by atoms with Crippen molar-refractivity contribution in [3.8, 4) is 6.07 Å². The fourth-order valence-corrected chi connectivity index (χ4v) is 2.34. The van der Waals surface area contributed by atoms with Crippen LogP contribution in [0.15, 0.2) is 0 Å². The summed E-state index contributed by atoms with van der Waals surface area (Å²) in [6.45, 7) is 8.13. The molecule has 0 saturated carbocycles. The second-order valence-electron chi connectivity index (χ2n) is 3.55. The first-order chi connectivity index (χ1) is 6.50. The summed E-state index contributed by atoms with van der Waals surface area (Å²) in [7, 11) is -1.80. The van der Waals surface area contributed by atoms with Gasteiger partial charge in [-0.05, 0) is 27.7 Å². The second kappa shape index (κ2) is 7.14. The molecule has 4 nitrogen and oxygen atoms in total. The van der Waals surface area contributed by atoms with E-state index in [2.05, 4.69) is 0 Å². The van der Waals surface area contributed by atoms with Gasteiger partial charge in [-0.1, -0.05) is 0 Å². The van der Waals surface area contributed by atoms with Crippen molar-refractivity contribution in [2.45, 2.75) is 46.2 Å². The van der Waals surface area contributed by atoms with Gasteiger partial charge in [0.2, 0.25) is 0 Å². The van der Waals surface area contributed by atoms with Crippen LogP contribution in [0.3, 0.4) is 0 Å². The normalized spacial score (nSPS) is 13.6. The highest BCUT2D eigenvalue weighted by atomic mass is 31.2. The summed E-state index contributed by atoms with van der Waals surface area (Å²) in [5, 5.41) is 8.30. The minimum absolute atomic E-state index is 0.181. The van der Waals surface area contributed by atoms with Gasteiger partial charge >= 0.3 is 0 Å². The molecule has 0 aromatic carbocycles. The summed E-state index contributed by atoms with van der Waals surface area (Å²) < 4.78 is 6.88. The van der Waals surface area contributed by atoms with Crippen molar-refractivity contribution < 1.29 is 9.42 Å². The summed E-state index contributed by atoms with van der Waals surface area (Å²) >= 11 is 0. The largest absolute Gasteiger partial charge is 0.796 e. The first kappa shape index (κ1) is 13.8. The van der Waals surface area contributed by atoms with Crippen LogP contribution in [0.4, 0.5) is 0 Å². The average molecular weight is 217 g/mol. The SMILES string of the molecule is CC(C)N(C(C)C)P([O-])OCCC#N. The average Bonchev–Trinajstić information content (AvgIpc) is 2.03. The van der Waals surface area contributed by atoms with Gasteiger partial charge in [0.25, 0.3) is 0 Å². The second-order valence-corrected chi connectivity index (χ2v) is 4.74. The zero-order chi connectivity index (χ0) is 11.1. The molecule has 0 aliphatic heterocycles. The molecular weight excluding hydrogens is 199 g/mol. The van der Waals surface area contributed by atoms with E-state index in [1.807, 2.05) is 33.8 Å². The van der Waals surface area contributed by atoms with Crippen LogP contribution in [-0.2, 0) is 4.52 Å². The molecule has 5 heteroatoms. The maximum absolute atomic E-state index is 11.6. The van der Waals surface area contributed by atoms with Crippen LogP contribution in [0.5, 0.6) is 0 Å². The van der Waals surface area contributed by atoms with Crippen molar-refractivity contribution in [2.24, 2.45) is 0 Å². The van der Waals surface area contributed by atoms with Gasteiger partial charge in [-0.15, -0.1) is 0 Å². The van der Waals surface area contributed by atoms with Crippen molar-refractivity contribution in [3.63, 3.8) is 0 Å². The molecule has 82 valence electrons. The first-order valence-electron chi connectivity index (χ1n) is 4.76. The molecule has 0 aliphatic carbocycles. The van der Waals surface area contributed by atoms with Crippen molar-refractivity contribution >= 4 is 8.53 Å². The maximum atomic E-state index is 11.6. The highest BCUT2D eigenvalue weighted by Gasteiger charge is 2.16. The summed E-state index contributed by atoms with van der Waals surface area (Å²) in [6, 6.07) is 2.31. The molecule has 0 saturated heterocycles. The fourth-order valence-electron chi connectivity index (χ4n) is 1.21. The molecule has 0 amide bonds. The van der Waals surface area contributed by atoms with Gasteiger partial charge in [0.15, 0.2) is 0 Å². The van der Waals surface area contributed by atoms with Gasteiger partial charge in [-0.25, -0.2) is 0 Å². The lowest BCUT2D eigenvalue weighted by atomic mass is 10.3. The van der Waals surface area contributed by atoms with Gasteiger partial charge in [0.05, 0.1) is 19.1 Å². The van der Waals surface area contributed by atoms with Crippen molar-refractivity contribution in [1.29, 1.82) is 5.26 Å². The van der Waals surface area contributed by atoms with E-state index >= 15 is 0 Å². The molecule has 0 rings (SSSR count). The van der Waals surface area contributed by atoms with E-state index in [1.54, 1.807) is 4.67 Å². The van der Waals surface area contributed by atoms with E-state index in [-0.39, 0.29) is 25.1 Å². The quantitative estimate of drug-likeness (QED) is 0.501. The minimum Gasteiger partial charge on any atom is -0.796 e. The highest BCUT2D eigenvalue weighted by Crippen LogP contribution is 2.36. The molecule has 0 aliphatic rings. The molecule has 0 spiro atoms. The smallest absolute Gasteiger partial charge is 0.0646 e. The molecule has 0 bridgehead atoms. The Morgan fingerprint density at radius 1 is 1.36 bits per heavy atom. The molecular formula is C9H18N2O2P-. The molecule has 14 heavy (non-hydrogen) atoms. The fraction of sp³-hybridized carbons (Fsp3) is 0.889. The lowest BCUT2D eigenvalue weighted by molar-refractivity contribution is -0.196. The molecule has 0 radical (unpaired) electrons. The molecule has 0 N–H and O–H groups in total. The highest BCUT2D eigenvalue weighted by molar-refractivity contribution is 7.42. The lowest BCUT2D eigenvalue weighted by Crippen LogP contribution is -2.36. The van der Waals surface area contributed by atoms with Crippen LogP contribution in [0.25, 0.3) is 0 Å². The Morgan fingerprint density at radius 3 is 2.21 bits per heavy atom. The van der Waals surface area contributed by atoms with Crippen LogP contribution in [-0.4, -0.2) is 23.4 Å². The third kappa shape index (κ3) is 4.88. The molecule has 0 aromatic rings. The van der Waals surface area contributed by atoms with Gasteiger partial charge < -0.3 is 9.42 Å². The van der Waals surface area contributed by atoms with Crippen molar-refractivity contribution in [1.82, 2.24) is 4.67 Å². The van der Waals surface area contributed by atoms with E-state index in [4.69, 9.17) is 9.79 Å². The molecule has 1 unspecified atom stereocenters. The summed E-state index contributed by atoms with van der Waals surface area (Å²) in [5.74, 6) is 0. The number of hydrogen-bond donors (Lipinski definition) is 0. The molecule has 0 fully saturated rings. The Labute approximate surface area is 87.4 Å². The van der Waals surface area contributed by atoms with Crippen molar-refractivity contribution in [2.75, 3.05) is 6.61 Å². The Kier molecular flexibility index (Phi) is 7.04. The summed E-state index contributed by atoms with van der Waals surface area (Å²) in [5.41, 5.74) is 0. The standard InChI is InChI=1S/C9H18N2O2P/c1-8(2)11(9(3)4)14(12)13-7-5-6-10/h8-9H,5,7H2,1-4H3/q-1. The van der Waals surface area contributed by atoms with Crippen LogP contribution in [0, 0.1) is 11.3 Å². The third-order valence-corrected chi connectivity index (χ3v) is 3.37. The van der Waals surface area contributed by atoms with Gasteiger partial charge in [0, 0.05) is 20.6 Å². The predicted molar refractivity (Wildman–Crippen MR) is 55.2 cm³/mol. The van der Waals surface area contributed by atoms with E-state index in [1.165, 1.54) is 0 Å². The van der Waals surface area contributed by atoms with Crippen molar-refractivity contribution in [3.05, 3.63) is 0 Å². The maximum Gasteiger partial charge on any atom is 0.0646 e. The topological polar surface area (TPSA) is 59.3 Å². The number of nitrogens with zero attached hydrogens (tertiary/aromatic N) is 2. The Hall–Kier alpha value is -0.200. The third-order valence-electron chi connectivity index (χ3n) is 1.66. The zero-order valence-corrected chi connectivity index (χ0v) is 10.1. The predicted octanol–water partition coefficient (Wildman–Crippen LogP) is 1.62. The minimum atomic E-state index is -1.80. The van der Waals surface area contributed by atoms with Gasteiger partial charge in [-0.3, -0.25) is 4.67 Å². The first-order valence-corrected chi connectivity index (χ1v) is 5.89.